The Morgan fingerprint density at radius 3 is 2.61 bits per heavy atom. The molecule has 0 unspecified atom stereocenters. The Kier molecular flexibility index (Phi) is 6.41. The minimum Gasteiger partial charge on any atom is -0.506 e. The van der Waals surface area contributed by atoms with E-state index < -0.39 is 5.91 Å². The normalized spacial score (nSPS) is 10.9. The van der Waals surface area contributed by atoms with Crippen LogP contribution in [0.4, 0.5) is 0 Å². The molecule has 0 radical (unpaired) electrons. The fourth-order valence-corrected chi connectivity index (χ4v) is 3.76. The topological polar surface area (TPSA) is 73.1 Å². The van der Waals surface area contributed by atoms with Gasteiger partial charge in [0, 0.05) is 15.7 Å². The maximum absolute atomic E-state index is 12.1. The van der Waals surface area contributed by atoms with Crippen molar-refractivity contribution in [2.45, 2.75) is 6.54 Å². The van der Waals surface area contributed by atoms with Crippen molar-refractivity contribution in [3.63, 3.8) is 0 Å². The Morgan fingerprint density at radius 2 is 1.96 bits per heavy atom. The van der Waals surface area contributed by atoms with Gasteiger partial charge in [-0.25, -0.2) is 0 Å². The molecule has 0 aliphatic rings. The summed E-state index contributed by atoms with van der Waals surface area (Å²) in [5, 5.41) is 22.0. The van der Waals surface area contributed by atoms with Crippen LogP contribution in [-0.2, 0) is 11.3 Å². The molecule has 1 amide bonds. The highest BCUT2D eigenvalue weighted by atomic mass is 127. The van der Waals surface area contributed by atoms with E-state index in [4.69, 9.17) is 0 Å². The molecular weight excluding hydrogens is 518 g/mol. The van der Waals surface area contributed by atoms with Gasteiger partial charge in [-0.15, -0.1) is 0 Å². The van der Waals surface area contributed by atoms with E-state index in [1.165, 1.54) is 6.08 Å². The molecule has 0 saturated heterocycles. The third kappa shape index (κ3) is 4.94. The van der Waals surface area contributed by atoms with Crippen molar-refractivity contribution in [1.29, 1.82) is 5.26 Å². The van der Waals surface area contributed by atoms with Gasteiger partial charge in [0.05, 0.1) is 3.57 Å². The molecule has 2 rings (SSSR count). The van der Waals surface area contributed by atoms with E-state index in [1.807, 2.05) is 65.1 Å². The van der Waals surface area contributed by atoms with E-state index in [0.717, 1.165) is 9.13 Å². The average molecular weight is 530 g/mol. The number of carbonyl (C=O) groups excluding carboxylic acids is 1. The first-order valence-electron chi connectivity index (χ1n) is 6.63. The second-order valence-corrected chi connectivity index (χ2v) is 7.07. The van der Waals surface area contributed by atoms with Crippen molar-refractivity contribution in [2.75, 3.05) is 0 Å². The highest BCUT2D eigenvalue weighted by Crippen LogP contribution is 2.28. The Morgan fingerprint density at radius 1 is 1.26 bits per heavy atom. The number of aromatic hydroxyl groups is 1. The van der Waals surface area contributed by atoms with E-state index in [2.05, 4.69) is 27.9 Å². The lowest BCUT2D eigenvalue weighted by Crippen LogP contribution is -2.23. The van der Waals surface area contributed by atoms with Gasteiger partial charge in [-0.2, -0.15) is 5.26 Å². The number of nitrogens with zero attached hydrogens (tertiary/aromatic N) is 1. The van der Waals surface area contributed by atoms with Crippen LogP contribution in [0.2, 0.25) is 0 Å². The standard InChI is InChI=1S/C17H12I2N2O2/c18-14-7-12(16(22)15(19)8-14)6-13(9-20)17(23)21-10-11-4-2-1-3-5-11/h1-8,22H,10H2,(H,21,23)/b13-6+. The van der Waals surface area contributed by atoms with Crippen LogP contribution in [0, 0.1) is 18.5 Å². The first kappa shape index (κ1) is 17.7. The lowest BCUT2D eigenvalue weighted by Gasteiger charge is -2.06. The number of halogens is 2. The second kappa shape index (κ2) is 8.31. The number of phenols is 1. The zero-order chi connectivity index (χ0) is 16.8. The van der Waals surface area contributed by atoms with Crippen LogP contribution < -0.4 is 5.32 Å². The predicted octanol–water partition coefficient (Wildman–Crippen LogP) is 3.82. The SMILES string of the molecule is N#C/C(=C\c1cc(I)cc(I)c1O)C(=O)NCc1ccccc1. The van der Waals surface area contributed by atoms with Crippen molar-refractivity contribution in [2.24, 2.45) is 0 Å². The Balaban J connectivity index is 2.19. The Labute approximate surface area is 161 Å². The maximum Gasteiger partial charge on any atom is 0.262 e. The molecule has 0 aliphatic heterocycles. The monoisotopic (exact) mass is 530 g/mol. The van der Waals surface area contributed by atoms with Gasteiger partial charge in [-0.3, -0.25) is 4.79 Å². The first-order chi connectivity index (χ1) is 11.0. The zero-order valence-corrected chi connectivity index (χ0v) is 16.2. The van der Waals surface area contributed by atoms with Crippen LogP contribution in [0.25, 0.3) is 6.08 Å². The molecule has 6 heteroatoms. The molecule has 2 N–H and O–H groups in total. The summed E-state index contributed by atoms with van der Waals surface area (Å²) in [5.74, 6) is -0.403. The molecule has 0 aromatic heterocycles. The molecule has 0 bridgehead atoms. The van der Waals surface area contributed by atoms with E-state index >= 15 is 0 Å². The first-order valence-corrected chi connectivity index (χ1v) is 8.79. The molecule has 0 spiro atoms. The minimum atomic E-state index is -0.468. The van der Waals surface area contributed by atoms with Gasteiger partial charge in [-0.05, 0) is 69.0 Å². The third-order valence-electron chi connectivity index (χ3n) is 3.02. The molecule has 2 aromatic rings. The van der Waals surface area contributed by atoms with Gasteiger partial charge in [0.15, 0.2) is 0 Å². The Hall–Kier alpha value is -1.60. The molecule has 23 heavy (non-hydrogen) atoms. The van der Waals surface area contributed by atoms with E-state index in [0.29, 0.717) is 15.7 Å². The molecule has 0 saturated carbocycles. The van der Waals surface area contributed by atoms with Crippen molar-refractivity contribution in [3.8, 4) is 11.8 Å². The fraction of sp³-hybridized carbons (Fsp3) is 0.0588. The average Bonchev–Trinajstić information content (AvgIpc) is 2.55. The highest BCUT2D eigenvalue weighted by molar-refractivity contribution is 14.1. The van der Waals surface area contributed by atoms with Crippen molar-refractivity contribution >= 4 is 57.2 Å². The van der Waals surface area contributed by atoms with Gasteiger partial charge < -0.3 is 10.4 Å². The second-order valence-electron chi connectivity index (χ2n) is 4.66. The quantitative estimate of drug-likeness (QED) is 0.359. The molecule has 0 atom stereocenters. The zero-order valence-electron chi connectivity index (χ0n) is 11.9. The number of hydrogen-bond donors (Lipinski definition) is 2. The summed E-state index contributed by atoms with van der Waals surface area (Å²) in [6.45, 7) is 0.342. The van der Waals surface area contributed by atoms with Crippen LogP contribution in [0.5, 0.6) is 5.75 Å². The predicted molar refractivity (Wildman–Crippen MR) is 105 cm³/mol. The van der Waals surface area contributed by atoms with E-state index in [1.54, 1.807) is 6.07 Å². The number of hydrogen-bond acceptors (Lipinski definition) is 3. The fourth-order valence-electron chi connectivity index (χ4n) is 1.87. The molecule has 0 aliphatic carbocycles. The van der Waals surface area contributed by atoms with Crippen molar-refractivity contribution < 1.29 is 9.90 Å². The third-order valence-corrected chi connectivity index (χ3v) is 4.46. The maximum atomic E-state index is 12.1. The van der Waals surface area contributed by atoms with Crippen molar-refractivity contribution in [1.82, 2.24) is 5.32 Å². The molecule has 4 nitrogen and oxygen atoms in total. The van der Waals surface area contributed by atoms with Crippen molar-refractivity contribution in [3.05, 3.63) is 66.3 Å². The summed E-state index contributed by atoms with van der Waals surface area (Å²) >= 11 is 4.13. The van der Waals surface area contributed by atoms with Crippen LogP contribution in [0.1, 0.15) is 11.1 Å². The number of phenolic OH excluding ortho intramolecular Hbond substituents is 1. The smallest absolute Gasteiger partial charge is 0.262 e. The summed E-state index contributed by atoms with van der Waals surface area (Å²) in [6.07, 6.45) is 1.40. The summed E-state index contributed by atoms with van der Waals surface area (Å²) in [5.41, 5.74) is 1.35. The van der Waals surface area contributed by atoms with Crippen LogP contribution in [-0.4, -0.2) is 11.0 Å². The summed E-state index contributed by atoms with van der Waals surface area (Å²) in [6, 6.07) is 14.9. The summed E-state index contributed by atoms with van der Waals surface area (Å²) in [4.78, 5) is 12.1. The van der Waals surface area contributed by atoms with Gasteiger partial charge in [0.2, 0.25) is 0 Å². The lowest BCUT2D eigenvalue weighted by atomic mass is 10.1. The van der Waals surface area contributed by atoms with Crippen LogP contribution in [0.15, 0.2) is 48.0 Å². The lowest BCUT2D eigenvalue weighted by molar-refractivity contribution is -0.117. The van der Waals surface area contributed by atoms with Gasteiger partial charge in [0.1, 0.15) is 17.4 Å². The van der Waals surface area contributed by atoms with E-state index in [9.17, 15) is 15.2 Å². The molecule has 116 valence electrons. The van der Waals surface area contributed by atoms with Gasteiger partial charge in [0.25, 0.3) is 5.91 Å². The molecular formula is C17H12I2N2O2. The minimum absolute atomic E-state index is 0.0472. The van der Waals surface area contributed by atoms with Crippen LogP contribution >= 0.6 is 45.2 Å². The molecule has 2 aromatic carbocycles. The Bertz CT molecular complexity index is 796. The highest BCUT2D eigenvalue weighted by Gasteiger charge is 2.12. The number of carbonyl (C=O) groups is 1. The van der Waals surface area contributed by atoms with E-state index in [-0.39, 0.29) is 11.3 Å². The number of nitriles is 1. The molecule has 0 fully saturated rings. The number of nitrogens with one attached hydrogen (secondary N) is 1. The number of rotatable bonds is 4. The van der Waals surface area contributed by atoms with Crippen LogP contribution in [0.3, 0.4) is 0 Å². The summed E-state index contributed by atoms with van der Waals surface area (Å²) < 4.78 is 1.58. The van der Waals surface area contributed by atoms with Gasteiger partial charge >= 0.3 is 0 Å². The summed E-state index contributed by atoms with van der Waals surface area (Å²) in [7, 11) is 0. The van der Waals surface area contributed by atoms with Gasteiger partial charge in [-0.1, -0.05) is 30.3 Å². The number of benzene rings is 2. The molecule has 0 heterocycles. The largest absolute Gasteiger partial charge is 0.506 e. The number of amides is 1.